The van der Waals surface area contributed by atoms with Gasteiger partial charge in [0.2, 0.25) is 5.91 Å². The molecule has 1 atom stereocenters. The van der Waals surface area contributed by atoms with Crippen molar-refractivity contribution in [3.05, 3.63) is 24.3 Å². The molecule has 0 aromatic heterocycles. The molecule has 1 aliphatic carbocycles. The highest BCUT2D eigenvalue weighted by molar-refractivity contribution is 5.86. The van der Waals surface area contributed by atoms with Crippen molar-refractivity contribution in [1.82, 2.24) is 5.32 Å². The SMILES string of the molecule is COc1ccc(OC(C)CNC(=O)C2(N)CCCC2)cc1.Cl. The van der Waals surface area contributed by atoms with Gasteiger partial charge in [-0.15, -0.1) is 12.4 Å². The molecule has 0 saturated heterocycles. The molecule has 1 unspecified atom stereocenters. The van der Waals surface area contributed by atoms with Crippen molar-refractivity contribution in [2.45, 2.75) is 44.2 Å². The average molecular weight is 329 g/mol. The number of nitrogens with one attached hydrogen (secondary N) is 1. The van der Waals surface area contributed by atoms with Crippen LogP contribution in [0, 0.1) is 0 Å². The van der Waals surface area contributed by atoms with E-state index in [0.717, 1.165) is 37.2 Å². The highest BCUT2D eigenvalue weighted by atomic mass is 35.5. The van der Waals surface area contributed by atoms with Gasteiger partial charge in [-0.05, 0) is 44.0 Å². The van der Waals surface area contributed by atoms with Crippen molar-refractivity contribution in [3.8, 4) is 11.5 Å². The quantitative estimate of drug-likeness (QED) is 0.840. The normalized spacial score (nSPS) is 17.2. The predicted octanol–water partition coefficient (Wildman–Crippen LogP) is 2.27. The maximum absolute atomic E-state index is 12.1. The first kappa shape index (κ1) is 18.6. The monoisotopic (exact) mass is 328 g/mol. The van der Waals surface area contributed by atoms with Crippen molar-refractivity contribution in [2.75, 3.05) is 13.7 Å². The molecule has 6 heteroatoms. The molecular formula is C16H25ClN2O3. The Labute approximate surface area is 138 Å². The second-order valence-electron chi connectivity index (χ2n) is 5.68. The maximum Gasteiger partial charge on any atom is 0.240 e. The number of nitrogens with two attached hydrogens (primary N) is 1. The van der Waals surface area contributed by atoms with E-state index >= 15 is 0 Å². The molecule has 1 aliphatic rings. The van der Waals surface area contributed by atoms with Crippen LogP contribution in [0.4, 0.5) is 0 Å². The van der Waals surface area contributed by atoms with Gasteiger partial charge >= 0.3 is 0 Å². The number of rotatable bonds is 6. The van der Waals surface area contributed by atoms with Crippen molar-refractivity contribution in [3.63, 3.8) is 0 Å². The highest BCUT2D eigenvalue weighted by Gasteiger charge is 2.36. The molecule has 3 N–H and O–H groups in total. The van der Waals surface area contributed by atoms with Gasteiger partial charge in [-0.2, -0.15) is 0 Å². The largest absolute Gasteiger partial charge is 0.497 e. The van der Waals surface area contributed by atoms with E-state index in [1.165, 1.54) is 0 Å². The van der Waals surface area contributed by atoms with Crippen molar-refractivity contribution < 1.29 is 14.3 Å². The van der Waals surface area contributed by atoms with Crippen LogP contribution in [0.15, 0.2) is 24.3 Å². The Hall–Kier alpha value is -1.46. The van der Waals surface area contributed by atoms with E-state index in [1.54, 1.807) is 7.11 Å². The molecular weight excluding hydrogens is 304 g/mol. The van der Waals surface area contributed by atoms with Crippen LogP contribution < -0.4 is 20.5 Å². The molecule has 2 rings (SSSR count). The third-order valence-electron chi connectivity index (χ3n) is 3.89. The van der Waals surface area contributed by atoms with E-state index in [4.69, 9.17) is 15.2 Å². The van der Waals surface area contributed by atoms with Crippen LogP contribution in [0.1, 0.15) is 32.6 Å². The minimum absolute atomic E-state index is 0. The zero-order valence-corrected chi connectivity index (χ0v) is 13.9. The van der Waals surface area contributed by atoms with E-state index in [0.29, 0.717) is 6.54 Å². The lowest BCUT2D eigenvalue weighted by molar-refractivity contribution is -0.126. The third-order valence-corrected chi connectivity index (χ3v) is 3.89. The molecule has 124 valence electrons. The van der Waals surface area contributed by atoms with Crippen molar-refractivity contribution in [2.24, 2.45) is 5.73 Å². The summed E-state index contributed by atoms with van der Waals surface area (Å²) in [4.78, 5) is 12.1. The topological polar surface area (TPSA) is 73.6 Å². The Morgan fingerprint density at radius 2 is 1.82 bits per heavy atom. The van der Waals surface area contributed by atoms with Crippen LogP contribution in [0.2, 0.25) is 0 Å². The number of benzene rings is 1. The number of hydrogen-bond donors (Lipinski definition) is 2. The molecule has 1 saturated carbocycles. The van der Waals surface area contributed by atoms with E-state index in [9.17, 15) is 4.79 Å². The summed E-state index contributed by atoms with van der Waals surface area (Å²) < 4.78 is 10.8. The molecule has 0 radical (unpaired) electrons. The third kappa shape index (κ3) is 4.78. The average Bonchev–Trinajstić information content (AvgIpc) is 2.94. The highest BCUT2D eigenvalue weighted by Crippen LogP contribution is 2.27. The fraction of sp³-hybridized carbons (Fsp3) is 0.562. The first-order chi connectivity index (χ1) is 10.0. The van der Waals surface area contributed by atoms with Gasteiger partial charge in [0.1, 0.15) is 17.6 Å². The lowest BCUT2D eigenvalue weighted by Crippen LogP contribution is -2.53. The number of carbonyl (C=O) groups is 1. The minimum atomic E-state index is -0.681. The van der Waals surface area contributed by atoms with Crippen LogP contribution in [0.5, 0.6) is 11.5 Å². The van der Waals surface area contributed by atoms with Gasteiger partial charge in [-0.1, -0.05) is 12.8 Å². The molecule has 1 fully saturated rings. The summed E-state index contributed by atoms with van der Waals surface area (Å²) in [6, 6.07) is 7.37. The van der Waals surface area contributed by atoms with E-state index in [-0.39, 0.29) is 24.4 Å². The number of ether oxygens (including phenoxy) is 2. The summed E-state index contributed by atoms with van der Waals surface area (Å²) in [6.45, 7) is 2.37. The summed E-state index contributed by atoms with van der Waals surface area (Å²) in [5.74, 6) is 1.47. The maximum atomic E-state index is 12.1. The second-order valence-corrected chi connectivity index (χ2v) is 5.68. The molecule has 22 heavy (non-hydrogen) atoms. The summed E-state index contributed by atoms with van der Waals surface area (Å²) in [5, 5.41) is 2.89. The van der Waals surface area contributed by atoms with Crippen LogP contribution in [0.25, 0.3) is 0 Å². The van der Waals surface area contributed by atoms with Gasteiger partial charge in [0.15, 0.2) is 0 Å². The van der Waals surface area contributed by atoms with Crippen molar-refractivity contribution >= 4 is 18.3 Å². The Balaban J connectivity index is 0.00000242. The summed E-state index contributed by atoms with van der Waals surface area (Å²) in [7, 11) is 1.62. The second kappa shape index (κ2) is 8.25. The van der Waals surface area contributed by atoms with Gasteiger partial charge in [0.05, 0.1) is 19.2 Å². The lowest BCUT2D eigenvalue weighted by atomic mass is 9.98. The molecule has 1 aromatic carbocycles. The Morgan fingerprint density at radius 3 is 2.36 bits per heavy atom. The molecule has 0 spiro atoms. The van der Waals surface area contributed by atoms with Crippen LogP contribution in [-0.4, -0.2) is 31.2 Å². The standard InChI is InChI=1S/C16H24N2O3.ClH/c1-12(21-14-7-5-13(20-2)6-8-14)11-18-15(19)16(17)9-3-4-10-16;/h5-8,12H,3-4,9-11,17H2,1-2H3,(H,18,19);1H. The summed E-state index contributed by atoms with van der Waals surface area (Å²) in [5.41, 5.74) is 5.43. The number of methoxy groups -OCH3 is 1. The van der Waals surface area contributed by atoms with Gasteiger partial charge in [0, 0.05) is 0 Å². The Bertz CT molecular complexity index is 473. The minimum Gasteiger partial charge on any atom is -0.497 e. The Kier molecular flexibility index (Phi) is 6.97. The van der Waals surface area contributed by atoms with Gasteiger partial charge in [-0.3, -0.25) is 4.79 Å². The fourth-order valence-corrected chi connectivity index (χ4v) is 2.57. The summed E-state index contributed by atoms with van der Waals surface area (Å²) in [6.07, 6.45) is 3.48. The molecule has 1 aromatic rings. The molecule has 0 aliphatic heterocycles. The molecule has 0 bridgehead atoms. The zero-order valence-electron chi connectivity index (χ0n) is 13.1. The van der Waals surface area contributed by atoms with Gasteiger partial charge < -0.3 is 20.5 Å². The van der Waals surface area contributed by atoms with E-state index < -0.39 is 5.54 Å². The van der Waals surface area contributed by atoms with E-state index in [2.05, 4.69) is 5.32 Å². The van der Waals surface area contributed by atoms with Gasteiger partial charge in [-0.25, -0.2) is 0 Å². The van der Waals surface area contributed by atoms with E-state index in [1.807, 2.05) is 31.2 Å². The zero-order chi connectivity index (χ0) is 15.3. The fourth-order valence-electron chi connectivity index (χ4n) is 2.57. The Morgan fingerprint density at radius 1 is 1.27 bits per heavy atom. The predicted molar refractivity (Wildman–Crippen MR) is 88.7 cm³/mol. The molecule has 0 heterocycles. The van der Waals surface area contributed by atoms with Crippen molar-refractivity contribution in [1.29, 1.82) is 0 Å². The summed E-state index contributed by atoms with van der Waals surface area (Å²) >= 11 is 0. The first-order valence-corrected chi connectivity index (χ1v) is 7.41. The first-order valence-electron chi connectivity index (χ1n) is 7.41. The van der Waals surface area contributed by atoms with Gasteiger partial charge in [0.25, 0.3) is 0 Å². The van der Waals surface area contributed by atoms with Crippen LogP contribution in [0.3, 0.4) is 0 Å². The number of hydrogen-bond acceptors (Lipinski definition) is 4. The lowest BCUT2D eigenvalue weighted by Gasteiger charge is -2.24. The molecule has 1 amide bonds. The number of carbonyl (C=O) groups excluding carboxylic acids is 1. The number of amides is 1. The van der Waals surface area contributed by atoms with Crippen LogP contribution >= 0.6 is 12.4 Å². The molecule has 5 nitrogen and oxygen atoms in total. The number of halogens is 1. The van der Waals surface area contributed by atoms with Crippen LogP contribution in [-0.2, 0) is 4.79 Å². The smallest absolute Gasteiger partial charge is 0.240 e.